The van der Waals surface area contributed by atoms with Crippen LogP contribution in [-0.4, -0.2) is 22.2 Å². The second kappa shape index (κ2) is 5.37. The molecule has 5 heteroatoms. The number of nitrogens with one attached hydrogen (secondary N) is 1. The Hall–Kier alpha value is -1.00. The van der Waals surface area contributed by atoms with Gasteiger partial charge in [0.25, 0.3) is 0 Å². The van der Waals surface area contributed by atoms with E-state index in [4.69, 9.17) is 17.3 Å². The largest absolute Gasteiger partial charge is 0.397 e. The minimum atomic E-state index is -0.749. The van der Waals surface area contributed by atoms with Gasteiger partial charge in [0.2, 0.25) is 0 Å². The molecule has 1 aromatic rings. The molecule has 0 radical (unpaired) electrons. The van der Waals surface area contributed by atoms with Crippen molar-refractivity contribution in [3.63, 3.8) is 0 Å². The molecule has 0 saturated carbocycles. The summed E-state index contributed by atoms with van der Waals surface area (Å²) in [7, 11) is 0. The van der Waals surface area contributed by atoms with Crippen LogP contribution in [0.3, 0.4) is 0 Å². The highest BCUT2D eigenvalue weighted by Crippen LogP contribution is 2.22. The van der Waals surface area contributed by atoms with Crippen molar-refractivity contribution in [3.8, 4) is 0 Å². The second-order valence-electron chi connectivity index (χ2n) is 4.20. The zero-order chi connectivity index (χ0) is 12.2. The SMILES string of the molecule is CCCC(C)(O)CNc1ncc(N)cc1Cl. The Labute approximate surface area is 101 Å². The summed E-state index contributed by atoms with van der Waals surface area (Å²) in [6.45, 7) is 4.23. The molecule has 0 amide bonds. The van der Waals surface area contributed by atoms with Gasteiger partial charge >= 0.3 is 0 Å². The highest BCUT2D eigenvalue weighted by atomic mass is 35.5. The molecule has 4 N–H and O–H groups in total. The summed E-state index contributed by atoms with van der Waals surface area (Å²) in [6.07, 6.45) is 3.19. The lowest BCUT2D eigenvalue weighted by Gasteiger charge is -2.23. The fourth-order valence-electron chi connectivity index (χ4n) is 1.48. The van der Waals surface area contributed by atoms with E-state index in [-0.39, 0.29) is 0 Å². The van der Waals surface area contributed by atoms with E-state index >= 15 is 0 Å². The van der Waals surface area contributed by atoms with E-state index in [0.29, 0.717) is 23.1 Å². The average molecular weight is 244 g/mol. The first kappa shape index (κ1) is 13.1. The number of rotatable bonds is 5. The molecular formula is C11H18ClN3O. The topological polar surface area (TPSA) is 71.2 Å². The molecule has 0 spiro atoms. The lowest BCUT2D eigenvalue weighted by atomic mass is 10.0. The summed E-state index contributed by atoms with van der Waals surface area (Å²) in [6, 6.07) is 1.63. The van der Waals surface area contributed by atoms with Gasteiger partial charge in [0.05, 0.1) is 22.5 Å². The maximum Gasteiger partial charge on any atom is 0.145 e. The molecule has 1 heterocycles. The lowest BCUT2D eigenvalue weighted by Crippen LogP contribution is -2.33. The molecule has 1 atom stereocenters. The molecule has 0 bridgehead atoms. The number of nitrogens with zero attached hydrogens (tertiary/aromatic N) is 1. The molecule has 0 aliphatic carbocycles. The van der Waals surface area contributed by atoms with Crippen molar-refractivity contribution >= 4 is 23.1 Å². The van der Waals surface area contributed by atoms with Gasteiger partial charge in [-0.1, -0.05) is 24.9 Å². The van der Waals surface area contributed by atoms with Gasteiger partial charge in [0, 0.05) is 6.54 Å². The first-order valence-electron chi connectivity index (χ1n) is 5.32. The highest BCUT2D eigenvalue weighted by Gasteiger charge is 2.19. The van der Waals surface area contributed by atoms with Crippen molar-refractivity contribution in [2.75, 3.05) is 17.6 Å². The van der Waals surface area contributed by atoms with Gasteiger partial charge in [-0.15, -0.1) is 0 Å². The zero-order valence-corrected chi connectivity index (χ0v) is 10.4. The van der Waals surface area contributed by atoms with Crippen molar-refractivity contribution in [3.05, 3.63) is 17.3 Å². The van der Waals surface area contributed by atoms with Crippen LogP contribution < -0.4 is 11.1 Å². The van der Waals surface area contributed by atoms with E-state index in [9.17, 15) is 5.11 Å². The van der Waals surface area contributed by atoms with E-state index in [2.05, 4.69) is 10.3 Å². The van der Waals surface area contributed by atoms with Crippen LogP contribution in [0.25, 0.3) is 0 Å². The third-order valence-corrected chi connectivity index (χ3v) is 2.58. The van der Waals surface area contributed by atoms with E-state index in [1.165, 1.54) is 6.20 Å². The number of anilines is 2. The standard InChI is InChI=1S/C11H18ClN3O/c1-3-4-11(2,16)7-15-10-9(12)5-8(13)6-14-10/h5-6,16H,3-4,7,13H2,1-2H3,(H,14,15). The van der Waals surface area contributed by atoms with Crippen LogP contribution in [0.1, 0.15) is 26.7 Å². The maximum atomic E-state index is 9.96. The van der Waals surface area contributed by atoms with E-state index in [1.54, 1.807) is 13.0 Å². The van der Waals surface area contributed by atoms with Crippen LogP contribution in [0.15, 0.2) is 12.3 Å². The van der Waals surface area contributed by atoms with E-state index in [1.807, 2.05) is 6.92 Å². The van der Waals surface area contributed by atoms with E-state index in [0.717, 1.165) is 12.8 Å². The van der Waals surface area contributed by atoms with Crippen LogP contribution in [0.2, 0.25) is 5.02 Å². The summed E-state index contributed by atoms with van der Waals surface area (Å²) in [5.74, 6) is 0.548. The third-order valence-electron chi connectivity index (χ3n) is 2.29. The normalized spacial score (nSPS) is 14.5. The Bertz CT molecular complexity index is 355. The Morgan fingerprint density at radius 2 is 2.31 bits per heavy atom. The molecule has 1 aromatic heterocycles. The minimum absolute atomic E-state index is 0.414. The van der Waals surface area contributed by atoms with Crippen LogP contribution in [-0.2, 0) is 0 Å². The lowest BCUT2D eigenvalue weighted by molar-refractivity contribution is 0.0636. The Balaban J connectivity index is 2.61. The van der Waals surface area contributed by atoms with Gasteiger partial charge in [-0.05, 0) is 19.4 Å². The van der Waals surface area contributed by atoms with Gasteiger partial charge in [-0.2, -0.15) is 0 Å². The Morgan fingerprint density at radius 3 is 2.88 bits per heavy atom. The van der Waals surface area contributed by atoms with Crippen molar-refractivity contribution < 1.29 is 5.11 Å². The predicted molar refractivity (Wildman–Crippen MR) is 67.7 cm³/mol. The number of nitrogen functional groups attached to an aromatic ring is 1. The number of hydrogen-bond donors (Lipinski definition) is 3. The van der Waals surface area contributed by atoms with Gasteiger partial charge in [-0.25, -0.2) is 4.98 Å². The molecule has 90 valence electrons. The van der Waals surface area contributed by atoms with Crippen molar-refractivity contribution in [1.82, 2.24) is 4.98 Å². The predicted octanol–water partition coefficient (Wildman–Crippen LogP) is 2.28. The van der Waals surface area contributed by atoms with Crippen LogP contribution in [0.4, 0.5) is 11.5 Å². The maximum absolute atomic E-state index is 9.96. The quantitative estimate of drug-likeness (QED) is 0.742. The fraction of sp³-hybridized carbons (Fsp3) is 0.545. The van der Waals surface area contributed by atoms with Crippen molar-refractivity contribution in [1.29, 1.82) is 0 Å². The van der Waals surface area contributed by atoms with Gasteiger partial charge in [0.1, 0.15) is 5.82 Å². The number of aromatic nitrogens is 1. The van der Waals surface area contributed by atoms with E-state index < -0.39 is 5.60 Å². The smallest absolute Gasteiger partial charge is 0.145 e. The molecular weight excluding hydrogens is 226 g/mol. The minimum Gasteiger partial charge on any atom is -0.397 e. The molecule has 4 nitrogen and oxygen atoms in total. The van der Waals surface area contributed by atoms with Crippen molar-refractivity contribution in [2.24, 2.45) is 0 Å². The van der Waals surface area contributed by atoms with Crippen molar-refractivity contribution in [2.45, 2.75) is 32.3 Å². The number of hydrogen-bond acceptors (Lipinski definition) is 4. The van der Waals surface area contributed by atoms with Crippen LogP contribution >= 0.6 is 11.6 Å². The summed E-state index contributed by atoms with van der Waals surface area (Å²) >= 11 is 5.95. The zero-order valence-electron chi connectivity index (χ0n) is 9.63. The number of halogens is 1. The molecule has 0 fully saturated rings. The summed E-state index contributed by atoms with van der Waals surface area (Å²) < 4.78 is 0. The number of nitrogens with two attached hydrogens (primary N) is 1. The molecule has 16 heavy (non-hydrogen) atoms. The van der Waals surface area contributed by atoms with Gasteiger partial charge in [0.15, 0.2) is 0 Å². The third kappa shape index (κ3) is 3.87. The Kier molecular flexibility index (Phi) is 4.38. The summed E-state index contributed by atoms with van der Waals surface area (Å²) in [4.78, 5) is 4.06. The second-order valence-corrected chi connectivity index (χ2v) is 4.61. The van der Waals surface area contributed by atoms with Gasteiger partial charge in [-0.3, -0.25) is 0 Å². The molecule has 1 unspecified atom stereocenters. The van der Waals surface area contributed by atoms with Crippen LogP contribution in [0.5, 0.6) is 0 Å². The summed E-state index contributed by atoms with van der Waals surface area (Å²) in [5, 5.41) is 13.4. The number of pyridine rings is 1. The molecule has 1 rings (SSSR count). The molecule has 0 saturated heterocycles. The monoisotopic (exact) mass is 243 g/mol. The fourth-order valence-corrected chi connectivity index (χ4v) is 1.73. The van der Waals surface area contributed by atoms with Gasteiger partial charge < -0.3 is 16.2 Å². The van der Waals surface area contributed by atoms with Crippen LogP contribution in [0, 0.1) is 0 Å². The highest BCUT2D eigenvalue weighted by molar-refractivity contribution is 6.33. The Morgan fingerprint density at radius 1 is 1.62 bits per heavy atom. The molecule has 0 aromatic carbocycles. The molecule has 0 aliphatic heterocycles. The number of aliphatic hydroxyl groups is 1. The molecule has 0 aliphatic rings. The first-order chi connectivity index (χ1) is 7.44. The summed E-state index contributed by atoms with van der Waals surface area (Å²) in [5.41, 5.74) is 5.31. The average Bonchev–Trinajstić information content (AvgIpc) is 2.16. The first-order valence-corrected chi connectivity index (χ1v) is 5.69.